The number of likely N-dealkylation sites (tertiary alicyclic amines) is 2. The van der Waals surface area contributed by atoms with Gasteiger partial charge in [-0.3, -0.25) is 9.80 Å². The number of aromatic nitrogens is 2. The summed E-state index contributed by atoms with van der Waals surface area (Å²) in [5.41, 5.74) is 2.58. The van der Waals surface area contributed by atoms with Crippen molar-refractivity contribution in [3.05, 3.63) is 47.8 Å². The summed E-state index contributed by atoms with van der Waals surface area (Å²) in [6, 6.07) is 9.08. The predicted octanol–water partition coefficient (Wildman–Crippen LogP) is 3.50. The standard InChI is InChI=1S/C21H29N5O.2ClH/c1-4-22-21-23-9-15(10-24-21)11-26-13-17-12-25(2)20(19(17)14-26)16-5-7-18(27-3)8-6-16;;/h5-10,17,19-20H,4,11-14H2,1-3H3,(H,22,23,24);2*1H/t17-,19+,20-;;/m0../s1. The Labute approximate surface area is 185 Å². The van der Waals surface area contributed by atoms with Gasteiger partial charge in [0.05, 0.1) is 7.11 Å². The Morgan fingerprint density at radius 2 is 1.76 bits per heavy atom. The molecule has 0 amide bonds. The zero-order chi connectivity index (χ0) is 18.8. The number of fused-ring (bicyclic) bond motifs is 1. The fourth-order valence-electron chi connectivity index (χ4n) is 4.73. The van der Waals surface area contributed by atoms with Crippen LogP contribution in [-0.2, 0) is 6.54 Å². The minimum Gasteiger partial charge on any atom is -0.497 e. The Hall–Kier alpha value is -1.60. The van der Waals surface area contributed by atoms with Crippen LogP contribution >= 0.6 is 24.8 Å². The quantitative estimate of drug-likeness (QED) is 0.742. The van der Waals surface area contributed by atoms with E-state index in [4.69, 9.17) is 4.74 Å². The van der Waals surface area contributed by atoms with Crippen LogP contribution in [0.2, 0.25) is 0 Å². The van der Waals surface area contributed by atoms with Crippen molar-refractivity contribution in [3.8, 4) is 5.75 Å². The maximum Gasteiger partial charge on any atom is 0.222 e. The molecule has 0 radical (unpaired) electrons. The number of rotatable bonds is 6. The van der Waals surface area contributed by atoms with Gasteiger partial charge in [-0.1, -0.05) is 12.1 Å². The van der Waals surface area contributed by atoms with Gasteiger partial charge < -0.3 is 10.1 Å². The zero-order valence-corrected chi connectivity index (χ0v) is 18.9. The molecule has 1 aromatic heterocycles. The van der Waals surface area contributed by atoms with Gasteiger partial charge in [0.2, 0.25) is 5.95 Å². The summed E-state index contributed by atoms with van der Waals surface area (Å²) in [6.07, 6.45) is 3.90. The maximum atomic E-state index is 5.31. The van der Waals surface area contributed by atoms with E-state index < -0.39 is 0 Å². The van der Waals surface area contributed by atoms with Gasteiger partial charge in [0.15, 0.2) is 0 Å². The van der Waals surface area contributed by atoms with E-state index in [0.717, 1.165) is 44.4 Å². The lowest BCUT2D eigenvalue weighted by atomic mass is 9.89. The van der Waals surface area contributed by atoms with Gasteiger partial charge in [-0.2, -0.15) is 0 Å². The fraction of sp³-hybridized carbons (Fsp3) is 0.524. The Balaban J connectivity index is 0.00000150. The van der Waals surface area contributed by atoms with Crippen LogP contribution in [0, 0.1) is 11.8 Å². The van der Waals surface area contributed by atoms with E-state index in [1.165, 1.54) is 11.1 Å². The van der Waals surface area contributed by atoms with Crippen molar-refractivity contribution in [2.45, 2.75) is 19.5 Å². The van der Waals surface area contributed by atoms with E-state index in [1.54, 1.807) is 7.11 Å². The number of nitrogens with one attached hydrogen (secondary N) is 1. The summed E-state index contributed by atoms with van der Waals surface area (Å²) < 4.78 is 5.31. The SMILES string of the molecule is CCNc1ncc(CN2C[C@@H]3CN(C)[C@@H](c4ccc(OC)cc4)[C@@H]3C2)cn1.Cl.Cl. The van der Waals surface area contributed by atoms with E-state index >= 15 is 0 Å². The third-order valence-corrected chi connectivity index (χ3v) is 5.87. The molecule has 0 unspecified atom stereocenters. The number of methoxy groups -OCH3 is 1. The summed E-state index contributed by atoms with van der Waals surface area (Å²) >= 11 is 0. The molecule has 0 spiro atoms. The third-order valence-electron chi connectivity index (χ3n) is 5.87. The van der Waals surface area contributed by atoms with Crippen LogP contribution in [0.4, 0.5) is 5.95 Å². The smallest absolute Gasteiger partial charge is 0.222 e. The number of ether oxygens (including phenoxy) is 1. The predicted molar refractivity (Wildman–Crippen MR) is 121 cm³/mol. The van der Waals surface area contributed by atoms with Gasteiger partial charge in [-0.05, 0) is 43.5 Å². The number of halogens is 2. The Morgan fingerprint density at radius 3 is 2.38 bits per heavy atom. The van der Waals surface area contributed by atoms with E-state index in [-0.39, 0.29) is 24.8 Å². The van der Waals surface area contributed by atoms with Crippen LogP contribution in [0.25, 0.3) is 0 Å². The summed E-state index contributed by atoms with van der Waals surface area (Å²) in [5, 5.41) is 3.15. The molecule has 2 aliphatic heterocycles. The highest BCUT2D eigenvalue weighted by Gasteiger charge is 2.45. The second-order valence-corrected chi connectivity index (χ2v) is 7.72. The van der Waals surface area contributed by atoms with E-state index in [2.05, 4.69) is 63.3 Å². The van der Waals surface area contributed by atoms with E-state index in [0.29, 0.717) is 17.9 Å². The van der Waals surface area contributed by atoms with Crippen LogP contribution in [0.5, 0.6) is 5.75 Å². The number of nitrogens with zero attached hydrogens (tertiary/aromatic N) is 4. The molecule has 4 rings (SSSR count). The molecular weight excluding hydrogens is 409 g/mol. The largest absolute Gasteiger partial charge is 0.497 e. The lowest BCUT2D eigenvalue weighted by Crippen LogP contribution is -2.29. The van der Waals surface area contributed by atoms with Gasteiger partial charge in [0.1, 0.15) is 5.75 Å². The first-order chi connectivity index (χ1) is 13.2. The monoisotopic (exact) mass is 439 g/mol. The zero-order valence-electron chi connectivity index (χ0n) is 17.2. The van der Waals surface area contributed by atoms with Gasteiger partial charge in [-0.15, -0.1) is 24.8 Å². The first-order valence-corrected chi connectivity index (χ1v) is 9.79. The summed E-state index contributed by atoms with van der Waals surface area (Å²) in [4.78, 5) is 13.9. The van der Waals surface area contributed by atoms with Crippen LogP contribution in [0.15, 0.2) is 36.7 Å². The highest BCUT2D eigenvalue weighted by atomic mass is 35.5. The van der Waals surface area contributed by atoms with Crippen molar-refractivity contribution < 1.29 is 4.74 Å². The van der Waals surface area contributed by atoms with Gasteiger partial charge >= 0.3 is 0 Å². The van der Waals surface area contributed by atoms with Crippen molar-refractivity contribution >= 4 is 30.8 Å². The molecule has 3 heterocycles. The lowest BCUT2D eigenvalue weighted by molar-refractivity contribution is 0.224. The average molecular weight is 440 g/mol. The van der Waals surface area contributed by atoms with Crippen LogP contribution in [0.1, 0.15) is 24.1 Å². The fourth-order valence-corrected chi connectivity index (χ4v) is 4.73. The molecule has 0 bridgehead atoms. The molecule has 3 atom stereocenters. The number of benzene rings is 1. The van der Waals surface area contributed by atoms with Gasteiger partial charge in [0.25, 0.3) is 0 Å². The van der Waals surface area contributed by atoms with Crippen LogP contribution in [-0.4, -0.2) is 60.1 Å². The number of anilines is 1. The van der Waals surface area contributed by atoms with Crippen LogP contribution < -0.4 is 10.1 Å². The molecule has 8 heteroatoms. The van der Waals surface area contributed by atoms with Crippen molar-refractivity contribution in [3.63, 3.8) is 0 Å². The van der Waals surface area contributed by atoms with Crippen molar-refractivity contribution in [2.75, 3.05) is 45.7 Å². The second-order valence-electron chi connectivity index (χ2n) is 7.72. The molecule has 2 saturated heterocycles. The normalized spacial score (nSPS) is 23.8. The number of hydrogen-bond acceptors (Lipinski definition) is 6. The van der Waals surface area contributed by atoms with Crippen molar-refractivity contribution in [2.24, 2.45) is 11.8 Å². The minimum absolute atomic E-state index is 0. The highest BCUT2D eigenvalue weighted by Crippen LogP contribution is 2.44. The topological polar surface area (TPSA) is 53.5 Å². The Bertz CT molecular complexity index is 759. The Morgan fingerprint density at radius 1 is 1.07 bits per heavy atom. The van der Waals surface area contributed by atoms with Gasteiger partial charge in [-0.25, -0.2) is 9.97 Å². The Kier molecular flexibility index (Phi) is 8.52. The molecule has 29 heavy (non-hydrogen) atoms. The second kappa shape index (κ2) is 10.4. The molecule has 1 N–H and O–H groups in total. The first kappa shape index (κ1) is 23.7. The number of hydrogen-bond donors (Lipinski definition) is 1. The third kappa shape index (κ3) is 5.12. The molecular formula is C21H31Cl2N5O. The van der Waals surface area contributed by atoms with E-state index in [1.807, 2.05) is 12.4 Å². The van der Waals surface area contributed by atoms with Crippen molar-refractivity contribution in [1.29, 1.82) is 0 Å². The van der Waals surface area contributed by atoms with Crippen LogP contribution in [0.3, 0.4) is 0 Å². The molecule has 1 aromatic carbocycles. The summed E-state index contributed by atoms with van der Waals surface area (Å²) in [5.74, 6) is 3.03. The highest BCUT2D eigenvalue weighted by molar-refractivity contribution is 5.85. The molecule has 6 nitrogen and oxygen atoms in total. The summed E-state index contributed by atoms with van der Waals surface area (Å²) in [6.45, 7) is 7.26. The molecule has 0 saturated carbocycles. The van der Waals surface area contributed by atoms with Crippen molar-refractivity contribution in [1.82, 2.24) is 19.8 Å². The average Bonchev–Trinajstić information content (AvgIpc) is 3.19. The minimum atomic E-state index is 0. The van der Waals surface area contributed by atoms with E-state index in [9.17, 15) is 0 Å². The summed E-state index contributed by atoms with van der Waals surface area (Å²) in [7, 11) is 3.97. The lowest BCUT2D eigenvalue weighted by Gasteiger charge is -2.27. The molecule has 2 aliphatic rings. The molecule has 2 fully saturated rings. The molecule has 160 valence electrons. The van der Waals surface area contributed by atoms with Gasteiger partial charge in [0, 0.05) is 56.7 Å². The first-order valence-electron chi connectivity index (χ1n) is 9.79. The maximum absolute atomic E-state index is 5.31. The molecule has 2 aromatic rings. The molecule has 0 aliphatic carbocycles.